The van der Waals surface area contributed by atoms with Crippen LogP contribution in [-0.2, 0) is 4.79 Å². The van der Waals surface area contributed by atoms with Gasteiger partial charge < -0.3 is 20.0 Å². The fourth-order valence-corrected chi connectivity index (χ4v) is 4.53. The summed E-state index contributed by atoms with van der Waals surface area (Å²) in [5, 5.41) is 14.1. The monoisotopic (exact) mass is 505 g/mol. The van der Waals surface area contributed by atoms with E-state index in [0.717, 1.165) is 42.9 Å². The maximum Gasteiger partial charge on any atom is 0.471 e. The Morgan fingerprint density at radius 3 is 2.08 bits per heavy atom. The van der Waals surface area contributed by atoms with Gasteiger partial charge in [0.25, 0.3) is 11.6 Å². The van der Waals surface area contributed by atoms with Gasteiger partial charge in [-0.3, -0.25) is 19.7 Å². The number of hydrogen-bond donors (Lipinski definition) is 1. The number of benzene rings is 2. The average Bonchev–Trinajstić information content (AvgIpc) is 2.88. The number of piperazine rings is 1. The van der Waals surface area contributed by atoms with E-state index >= 15 is 0 Å². The summed E-state index contributed by atoms with van der Waals surface area (Å²) in [6.07, 6.45) is -1.81. The summed E-state index contributed by atoms with van der Waals surface area (Å²) < 4.78 is 37.9. The number of amides is 2. The van der Waals surface area contributed by atoms with Crippen LogP contribution < -0.4 is 15.1 Å². The normalized spacial score (nSPS) is 16.6. The molecule has 2 amide bonds. The predicted molar refractivity (Wildman–Crippen MR) is 128 cm³/mol. The molecule has 0 radical (unpaired) electrons. The lowest BCUT2D eigenvalue weighted by molar-refractivity contribution is -0.384. The minimum atomic E-state index is -4.88. The van der Waals surface area contributed by atoms with Crippen molar-refractivity contribution in [1.29, 1.82) is 0 Å². The standard InChI is InChI=1S/C24H26F3N5O4/c25-24(26,27)23(34)31-14-12-29(13-15-31)18-6-4-17(5-7-18)28-22(33)20-16-19(32(35)36)8-9-21(20)30-10-2-1-3-11-30/h4-9,16H,1-3,10-15H2,(H,28,33). The van der Waals surface area contributed by atoms with E-state index in [-0.39, 0.29) is 37.4 Å². The molecular formula is C24H26F3N5O4. The van der Waals surface area contributed by atoms with Crippen molar-refractivity contribution in [3.63, 3.8) is 0 Å². The van der Waals surface area contributed by atoms with Gasteiger partial charge in [0.05, 0.1) is 16.2 Å². The van der Waals surface area contributed by atoms with Crippen LogP contribution in [0, 0.1) is 10.1 Å². The summed E-state index contributed by atoms with van der Waals surface area (Å²) in [5.41, 5.74) is 1.93. The van der Waals surface area contributed by atoms with E-state index in [2.05, 4.69) is 10.2 Å². The third-order valence-electron chi connectivity index (χ3n) is 6.43. The summed E-state index contributed by atoms with van der Waals surface area (Å²) in [6, 6.07) is 11.1. The fraction of sp³-hybridized carbons (Fsp3) is 0.417. The number of hydrogen-bond acceptors (Lipinski definition) is 6. The topological polar surface area (TPSA) is 99.0 Å². The van der Waals surface area contributed by atoms with Crippen LogP contribution in [0.4, 0.5) is 35.9 Å². The number of carbonyl (C=O) groups is 2. The molecule has 0 atom stereocenters. The summed E-state index contributed by atoms with van der Waals surface area (Å²) >= 11 is 0. The lowest BCUT2D eigenvalue weighted by Gasteiger charge is -2.36. The number of alkyl halides is 3. The van der Waals surface area contributed by atoms with Gasteiger partial charge in [-0.2, -0.15) is 13.2 Å². The summed E-state index contributed by atoms with van der Waals surface area (Å²) in [6.45, 7) is 1.97. The molecule has 36 heavy (non-hydrogen) atoms. The van der Waals surface area contributed by atoms with E-state index in [1.807, 2.05) is 4.90 Å². The van der Waals surface area contributed by atoms with Crippen LogP contribution in [-0.4, -0.2) is 67.1 Å². The van der Waals surface area contributed by atoms with E-state index in [1.54, 1.807) is 30.3 Å². The quantitative estimate of drug-likeness (QED) is 0.486. The molecule has 0 aromatic heterocycles. The van der Waals surface area contributed by atoms with Crippen molar-refractivity contribution in [3.8, 4) is 0 Å². The first-order valence-corrected chi connectivity index (χ1v) is 11.7. The molecule has 9 nitrogen and oxygen atoms in total. The lowest BCUT2D eigenvalue weighted by atomic mass is 10.1. The van der Waals surface area contributed by atoms with Gasteiger partial charge in [0.2, 0.25) is 0 Å². The molecule has 2 aromatic rings. The molecule has 0 aliphatic carbocycles. The van der Waals surface area contributed by atoms with Crippen LogP contribution in [0.15, 0.2) is 42.5 Å². The van der Waals surface area contributed by atoms with Gasteiger partial charge in [-0.1, -0.05) is 0 Å². The Balaban J connectivity index is 1.44. The van der Waals surface area contributed by atoms with Gasteiger partial charge in [-0.25, -0.2) is 0 Å². The summed E-state index contributed by atoms with van der Waals surface area (Å²) in [7, 11) is 0. The molecule has 0 unspecified atom stereocenters. The Bertz CT molecular complexity index is 1130. The number of carbonyl (C=O) groups excluding carboxylic acids is 2. The van der Waals surface area contributed by atoms with Crippen molar-refractivity contribution in [1.82, 2.24) is 4.90 Å². The van der Waals surface area contributed by atoms with Crippen molar-refractivity contribution < 1.29 is 27.7 Å². The number of halogens is 3. The Kier molecular flexibility index (Phi) is 7.32. The van der Waals surface area contributed by atoms with Crippen LogP contribution >= 0.6 is 0 Å². The van der Waals surface area contributed by atoms with Gasteiger partial charge in [-0.15, -0.1) is 0 Å². The molecule has 0 spiro atoms. The van der Waals surface area contributed by atoms with Gasteiger partial charge in [-0.05, 0) is 49.6 Å². The van der Waals surface area contributed by atoms with Crippen molar-refractivity contribution in [2.45, 2.75) is 25.4 Å². The number of nitrogens with one attached hydrogen (secondary N) is 1. The molecule has 0 bridgehead atoms. The first-order chi connectivity index (χ1) is 17.1. The SMILES string of the molecule is O=C(Nc1ccc(N2CCN(C(=O)C(F)(F)F)CC2)cc1)c1cc([N+](=O)[O-])ccc1N1CCCCC1. The zero-order valence-electron chi connectivity index (χ0n) is 19.5. The summed E-state index contributed by atoms with van der Waals surface area (Å²) in [5.74, 6) is -2.29. The van der Waals surface area contributed by atoms with E-state index in [4.69, 9.17) is 0 Å². The highest BCUT2D eigenvalue weighted by Crippen LogP contribution is 2.29. The highest BCUT2D eigenvalue weighted by molar-refractivity contribution is 6.08. The summed E-state index contributed by atoms with van der Waals surface area (Å²) in [4.78, 5) is 40.0. The van der Waals surface area contributed by atoms with Crippen LogP contribution in [0.25, 0.3) is 0 Å². The number of rotatable bonds is 5. The zero-order chi connectivity index (χ0) is 25.9. The Labute approximate surface area is 205 Å². The predicted octanol–water partition coefficient (Wildman–Crippen LogP) is 4.05. The molecule has 4 rings (SSSR count). The van der Waals surface area contributed by atoms with Crippen molar-refractivity contribution in [3.05, 3.63) is 58.1 Å². The number of nitrogens with zero attached hydrogens (tertiary/aromatic N) is 4. The largest absolute Gasteiger partial charge is 0.471 e. The minimum absolute atomic E-state index is 0.0388. The zero-order valence-corrected chi connectivity index (χ0v) is 19.5. The molecule has 0 saturated carbocycles. The Morgan fingerprint density at radius 2 is 1.50 bits per heavy atom. The van der Waals surface area contributed by atoms with Crippen molar-refractivity contribution in [2.24, 2.45) is 0 Å². The second-order valence-corrected chi connectivity index (χ2v) is 8.78. The van der Waals surface area contributed by atoms with E-state index < -0.39 is 22.9 Å². The van der Waals surface area contributed by atoms with E-state index in [0.29, 0.717) is 11.4 Å². The van der Waals surface area contributed by atoms with Crippen LogP contribution in [0.3, 0.4) is 0 Å². The molecule has 2 saturated heterocycles. The molecule has 2 aliphatic heterocycles. The number of nitro benzene ring substituents is 1. The van der Waals surface area contributed by atoms with Crippen molar-refractivity contribution >= 4 is 34.6 Å². The number of anilines is 3. The number of piperidine rings is 1. The third kappa shape index (κ3) is 5.69. The molecule has 2 aromatic carbocycles. The van der Waals surface area contributed by atoms with Gasteiger partial charge in [0.15, 0.2) is 0 Å². The van der Waals surface area contributed by atoms with Gasteiger partial charge in [0, 0.05) is 62.8 Å². The molecule has 2 heterocycles. The molecular weight excluding hydrogens is 479 g/mol. The van der Waals surface area contributed by atoms with Crippen molar-refractivity contribution in [2.75, 3.05) is 54.4 Å². The molecule has 192 valence electrons. The number of non-ortho nitro benzene ring substituents is 1. The first-order valence-electron chi connectivity index (χ1n) is 11.7. The second-order valence-electron chi connectivity index (χ2n) is 8.78. The Morgan fingerprint density at radius 1 is 0.861 bits per heavy atom. The fourth-order valence-electron chi connectivity index (χ4n) is 4.53. The average molecular weight is 505 g/mol. The Hall–Kier alpha value is -3.83. The van der Waals surface area contributed by atoms with E-state index in [1.165, 1.54) is 12.1 Å². The molecule has 2 fully saturated rings. The second kappa shape index (κ2) is 10.4. The lowest BCUT2D eigenvalue weighted by Crippen LogP contribution is -2.52. The van der Waals surface area contributed by atoms with Gasteiger partial charge >= 0.3 is 12.1 Å². The highest BCUT2D eigenvalue weighted by atomic mass is 19.4. The van der Waals surface area contributed by atoms with E-state index in [9.17, 15) is 32.9 Å². The van der Waals surface area contributed by atoms with Gasteiger partial charge in [0.1, 0.15) is 0 Å². The molecule has 2 aliphatic rings. The molecule has 12 heteroatoms. The number of nitro groups is 1. The highest BCUT2D eigenvalue weighted by Gasteiger charge is 2.43. The maximum absolute atomic E-state index is 13.1. The molecule has 1 N–H and O–H groups in total. The van der Waals surface area contributed by atoms with Crippen LogP contribution in [0.1, 0.15) is 29.6 Å². The van der Waals surface area contributed by atoms with Crippen LogP contribution in [0.2, 0.25) is 0 Å². The third-order valence-corrected chi connectivity index (χ3v) is 6.43. The van der Waals surface area contributed by atoms with Crippen LogP contribution in [0.5, 0.6) is 0 Å². The minimum Gasteiger partial charge on any atom is -0.371 e. The maximum atomic E-state index is 13.1. The smallest absolute Gasteiger partial charge is 0.371 e. The first kappa shape index (κ1) is 25.3.